The molecule has 1 aromatic rings. The van der Waals surface area contributed by atoms with E-state index in [2.05, 4.69) is 4.72 Å². The van der Waals surface area contributed by atoms with Crippen LogP contribution in [-0.2, 0) is 10.0 Å². The molecule has 20 heavy (non-hydrogen) atoms. The Balaban J connectivity index is 3.07. The van der Waals surface area contributed by atoms with Gasteiger partial charge in [0.15, 0.2) is 5.78 Å². The van der Waals surface area contributed by atoms with Crippen LogP contribution in [0.5, 0.6) is 0 Å². The minimum Gasteiger partial charge on any atom is -0.394 e. The fraction of sp³-hybridized carbons (Fsp3) is 0.417. The Labute approximate surface area is 116 Å². The Morgan fingerprint density at radius 2 is 1.55 bits per heavy atom. The van der Waals surface area contributed by atoms with E-state index in [9.17, 15) is 13.2 Å². The molecular weight excluding hydrogens is 286 g/mol. The Hall–Kier alpha value is -1.32. The minimum absolute atomic E-state index is 0.137. The summed E-state index contributed by atoms with van der Waals surface area (Å²) >= 11 is 0. The fourth-order valence-corrected chi connectivity index (χ4v) is 2.84. The zero-order valence-electron chi connectivity index (χ0n) is 10.9. The molecule has 4 N–H and O–H groups in total. The molecule has 0 fully saturated rings. The highest BCUT2D eigenvalue weighted by Gasteiger charge is 2.33. The van der Waals surface area contributed by atoms with Crippen molar-refractivity contribution in [3.05, 3.63) is 29.8 Å². The van der Waals surface area contributed by atoms with Crippen molar-refractivity contribution in [2.45, 2.75) is 17.4 Å². The SMILES string of the molecule is CC(=O)c1ccc(S(=O)(=O)NC(CO)(CO)CO)cc1. The summed E-state index contributed by atoms with van der Waals surface area (Å²) in [7, 11) is -4.04. The molecule has 0 unspecified atom stereocenters. The van der Waals surface area contributed by atoms with Gasteiger partial charge in [0.2, 0.25) is 10.0 Å². The van der Waals surface area contributed by atoms with Crippen molar-refractivity contribution in [2.75, 3.05) is 19.8 Å². The van der Waals surface area contributed by atoms with Crippen LogP contribution in [0.25, 0.3) is 0 Å². The van der Waals surface area contributed by atoms with E-state index < -0.39 is 35.4 Å². The lowest BCUT2D eigenvalue weighted by molar-refractivity contribution is 0.0582. The van der Waals surface area contributed by atoms with Crippen LogP contribution in [0.1, 0.15) is 17.3 Å². The Kier molecular flexibility index (Phi) is 5.37. The van der Waals surface area contributed by atoms with Gasteiger partial charge in [0.05, 0.1) is 24.7 Å². The van der Waals surface area contributed by atoms with Gasteiger partial charge in [-0.05, 0) is 19.1 Å². The maximum absolute atomic E-state index is 12.1. The highest BCUT2D eigenvalue weighted by Crippen LogP contribution is 2.14. The first-order valence-electron chi connectivity index (χ1n) is 5.78. The number of hydrogen-bond acceptors (Lipinski definition) is 6. The minimum atomic E-state index is -4.04. The largest absolute Gasteiger partial charge is 0.394 e. The normalized spacial score (nSPS) is 12.4. The van der Waals surface area contributed by atoms with Gasteiger partial charge < -0.3 is 15.3 Å². The number of sulfonamides is 1. The molecule has 0 spiro atoms. The number of carbonyl (C=O) groups is 1. The number of aliphatic hydroxyl groups excluding tert-OH is 3. The van der Waals surface area contributed by atoms with Gasteiger partial charge in [-0.2, -0.15) is 4.72 Å². The Bertz CT molecular complexity index is 554. The third-order valence-electron chi connectivity index (χ3n) is 2.83. The van der Waals surface area contributed by atoms with Crippen LogP contribution >= 0.6 is 0 Å². The maximum Gasteiger partial charge on any atom is 0.241 e. The number of Topliss-reactive ketones (excluding diaryl/α,β-unsaturated/α-hetero) is 1. The zero-order valence-corrected chi connectivity index (χ0v) is 11.7. The predicted molar refractivity (Wildman–Crippen MR) is 70.8 cm³/mol. The second-order valence-electron chi connectivity index (χ2n) is 4.44. The van der Waals surface area contributed by atoms with Gasteiger partial charge in [-0.3, -0.25) is 4.79 Å². The molecule has 0 aliphatic carbocycles. The van der Waals surface area contributed by atoms with Crippen molar-refractivity contribution < 1.29 is 28.5 Å². The van der Waals surface area contributed by atoms with Gasteiger partial charge in [-0.1, -0.05) is 12.1 Å². The first kappa shape index (κ1) is 16.7. The van der Waals surface area contributed by atoms with Crippen molar-refractivity contribution in [3.8, 4) is 0 Å². The molecule has 0 aliphatic heterocycles. The number of rotatable bonds is 7. The van der Waals surface area contributed by atoms with E-state index in [0.29, 0.717) is 5.56 Å². The van der Waals surface area contributed by atoms with Crippen LogP contribution in [0.3, 0.4) is 0 Å². The molecule has 0 saturated heterocycles. The Morgan fingerprint density at radius 3 is 1.90 bits per heavy atom. The average Bonchev–Trinajstić information content (AvgIpc) is 2.45. The van der Waals surface area contributed by atoms with E-state index in [1.807, 2.05) is 0 Å². The Morgan fingerprint density at radius 1 is 1.10 bits per heavy atom. The highest BCUT2D eigenvalue weighted by molar-refractivity contribution is 7.89. The van der Waals surface area contributed by atoms with Crippen LogP contribution in [0.4, 0.5) is 0 Å². The van der Waals surface area contributed by atoms with Gasteiger partial charge in [0.25, 0.3) is 0 Å². The summed E-state index contributed by atoms with van der Waals surface area (Å²) in [5.74, 6) is -0.197. The van der Waals surface area contributed by atoms with Gasteiger partial charge >= 0.3 is 0 Å². The second-order valence-corrected chi connectivity index (χ2v) is 6.12. The van der Waals surface area contributed by atoms with E-state index in [0.717, 1.165) is 0 Å². The average molecular weight is 303 g/mol. The first-order chi connectivity index (χ1) is 9.30. The molecule has 112 valence electrons. The third kappa shape index (κ3) is 3.62. The summed E-state index contributed by atoms with van der Waals surface area (Å²) in [5.41, 5.74) is -1.38. The molecule has 0 heterocycles. The summed E-state index contributed by atoms with van der Waals surface area (Å²) in [6, 6.07) is 5.18. The zero-order chi connectivity index (χ0) is 15.4. The van der Waals surface area contributed by atoms with E-state index in [1.165, 1.54) is 31.2 Å². The summed E-state index contributed by atoms with van der Waals surface area (Å²) < 4.78 is 26.2. The third-order valence-corrected chi connectivity index (χ3v) is 4.42. The number of nitrogens with one attached hydrogen (secondary N) is 1. The summed E-state index contributed by atoms with van der Waals surface area (Å²) in [4.78, 5) is 11.0. The van der Waals surface area contributed by atoms with E-state index in [4.69, 9.17) is 15.3 Å². The van der Waals surface area contributed by atoms with Crippen molar-refractivity contribution in [2.24, 2.45) is 0 Å². The van der Waals surface area contributed by atoms with Crippen LogP contribution < -0.4 is 4.72 Å². The van der Waals surface area contributed by atoms with Crippen molar-refractivity contribution in [3.63, 3.8) is 0 Å². The summed E-state index contributed by atoms with van der Waals surface area (Å²) in [5, 5.41) is 27.3. The monoisotopic (exact) mass is 303 g/mol. The van der Waals surface area contributed by atoms with Gasteiger partial charge in [-0.25, -0.2) is 8.42 Å². The van der Waals surface area contributed by atoms with Crippen LogP contribution in [0.2, 0.25) is 0 Å². The molecule has 1 rings (SSSR count). The van der Waals surface area contributed by atoms with Crippen LogP contribution in [0.15, 0.2) is 29.2 Å². The molecular formula is C12H17NO6S. The summed E-state index contributed by atoms with van der Waals surface area (Å²) in [6.07, 6.45) is 0. The molecule has 0 radical (unpaired) electrons. The van der Waals surface area contributed by atoms with E-state index in [-0.39, 0.29) is 10.7 Å². The highest BCUT2D eigenvalue weighted by atomic mass is 32.2. The molecule has 0 atom stereocenters. The van der Waals surface area contributed by atoms with Gasteiger partial charge in [-0.15, -0.1) is 0 Å². The lowest BCUT2D eigenvalue weighted by atomic mass is 10.1. The number of ketones is 1. The number of hydrogen-bond donors (Lipinski definition) is 4. The summed E-state index contributed by atoms with van der Waals surface area (Å²) in [6.45, 7) is -0.920. The molecule has 0 saturated carbocycles. The molecule has 0 aliphatic rings. The molecule has 0 amide bonds. The van der Waals surface area contributed by atoms with Crippen LogP contribution in [-0.4, -0.2) is 54.9 Å². The predicted octanol–water partition coefficient (Wildman–Crippen LogP) is -1.12. The smallest absolute Gasteiger partial charge is 0.241 e. The van der Waals surface area contributed by atoms with Gasteiger partial charge in [0.1, 0.15) is 5.54 Å². The molecule has 8 heteroatoms. The number of benzene rings is 1. The fourth-order valence-electron chi connectivity index (χ4n) is 1.46. The quantitative estimate of drug-likeness (QED) is 0.473. The standard InChI is InChI=1S/C12H17NO6S/c1-9(17)10-2-4-11(5-3-10)20(18,19)13-12(6-14,7-15)8-16/h2-5,13-16H,6-8H2,1H3. The van der Waals surface area contributed by atoms with Gasteiger partial charge in [0, 0.05) is 5.56 Å². The number of aliphatic hydroxyl groups is 3. The number of carbonyl (C=O) groups excluding carboxylic acids is 1. The second kappa shape index (κ2) is 6.42. The molecule has 7 nitrogen and oxygen atoms in total. The van der Waals surface area contributed by atoms with Crippen LogP contribution in [0, 0.1) is 0 Å². The lowest BCUT2D eigenvalue weighted by Gasteiger charge is -2.28. The molecule has 0 aromatic heterocycles. The molecule has 0 bridgehead atoms. The maximum atomic E-state index is 12.1. The molecule has 1 aromatic carbocycles. The van der Waals surface area contributed by atoms with Crippen molar-refractivity contribution in [1.29, 1.82) is 0 Å². The van der Waals surface area contributed by atoms with Crippen molar-refractivity contribution >= 4 is 15.8 Å². The lowest BCUT2D eigenvalue weighted by Crippen LogP contribution is -2.56. The van der Waals surface area contributed by atoms with Crippen molar-refractivity contribution in [1.82, 2.24) is 4.72 Å². The van der Waals surface area contributed by atoms with E-state index >= 15 is 0 Å². The first-order valence-corrected chi connectivity index (χ1v) is 7.26. The topological polar surface area (TPSA) is 124 Å². The van der Waals surface area contributed by atoms with E-state index in [1.54, 1.807) is 0 Å².